The van der Waals surface area contributed by atoms with E-state index in [-0.39, 0.29) is 5.91 Å². The highest BCUT2D eigenvalue weighted by atomic mass is 32.2. The highest BCUT2D eigenvalue weighted by Crippen LogP contribution is 2.24. The molecule has 28 heavy (non-hydrogen) atoms. The molecule has 1 aromatic rings. The summed E-state index contributed by atoms with van der Waals surface area (Å²) in [6, 6.07) is 5.67. The molecule has 7 heteroatoms. The summed E-state index contributed by atoms with van der Waals surface area (Å²) in [5.41, 5.74) is 2.05. The molecular weight excluding hydrogens is 374 g/mol. The van der Waals surface area contributed by atoms with Gasteiger partial charge in [-0.1, -0.05) is 25.8 Å². The molecule has 6 nitrogen and oxygen atoms in total. The van der Waals surface area contributed by atoms with Crippen molar-refractivity contribution >= 4 is 15.9 Å². The third-order valence-corrected chi connectivity index (χ3v) is 8.23. The van der Waals surface area contributed by atoms with Crippen LogP contribution in [0, 0.1) is 19.8 Å². The molecule has 0 aromatic heterocycles. The molecule has 1 aliphatic carbocycles. The largest absolute Gasteiger partial charge is 0.339 e. The zero-order chi connectivity index (χ0) is 20.3. The first kappa shape index (κ1) is 21.3. The Morgan fingerprint density at radius 2 is 1.75 bits per heavy atom. The Morgan fingerprint density at radius 3 is 2.39 bits per heavy atom. The van der Waals surface area contributed by atoms with Crippen LogP contribution in [0.4, 0.5) is 0 Å². The van der Waals surface area contributed by atoms with E-state index in [1.807, 2.05) is 19.9 Å². The molecule has 1 heterocycles. The first-order valence-electron chi connectivity index (χ1n) is 10.4. The Bertz CT molecular complexity index is 801. The zero-order valence-electron chi connectivity index (χ0n) is 17.3. The van der Waals surface area contributed by atoms with Crippen LogP contribution in [0.1, 0.15) is 43.7 Å². The molecule has 0 radical (unpaired) electrons. The van der Waals surface area contributed by atoms with Crippen molar-refractivity contribution in [3.63, 3.8) is 0 Å². The Kier molecular flexibility index (Phi) is 6.78. The van der Waals surface area contributed by atoms with Gasteiger partial charge in [-0.3, -0.25) is 4.79 Å². The van der Waals surface area contributed by atoms with Crippen LogP contribution < -0.4 is 5.32 Å². The van der Waals surface area contributed by atoms with E-state index in [0.717, 1.165) is 17.5 Å². The quantitative estimate of drug-likeness (QED) is 0.813. The Balaban J connectivity index is 1.53. The van der Waals surface area contributed by atoms with E-state index in [0.29, 0.717) is 49.6 Å². The van der Waals surface area contributed by atoms with Crippen LogP contribution in [0.3, 0.4) is 0 Å². The fraction of sp³-hybridized carbons (Fsp3) is 0.667. The zero-order valence-corrected chi connectivity index (χ0v) is 18.1. The summed E-state index contributed by atoms with van der Waals surface area (Å²) in [4.78, 5) is 14.7. The summed E-state index contributed by atoms with van der Waals surface area (Å²) >= 11 is 0. The van der Waals surface area contributed by atoms with Gasteiger partial charge < -0.3 is 10.2 Å². The molecule has 1 saturated heterocycles. The highest BCUT2D eigenvalue weighted by molar-refractivity contribution is 7.89. The highest BCUT2D eigenvalue weighted by Gasteiger charge is 2.30. The van der Waals surface area contributed by atoms with Crippen molar-refractivity contribution in [3.8, 4) is 0 Å². The second-order valence-corrected chi connectivity index (χ2v) is 10.2. The molecule has 1 N–H and O–H groups in total. The average Bonchev–Trinajstić information content (AvgIpc) is 2.69. The van der Waals surface area contributed by atoms with Crippen LogP contribution in [0.25, 0.3) is 0 Å². The molecule has 2 atom stereocenters. The summed E-state index contributed by atoms with van der Waals surface area (Å²) in [6.07, 6.45) is 4.87. The average molecular weight is 408 g/mol. The van der Waals surface area contributed by atoms with E-state index < -0.39 is 10.0 Å². The lowest BCUT2D eigenvalue weighted by Crippen LogP contribution is -2.53. The van der Waals surface area contributed by atoms with E-state index in [2.05, 4.69) is 12.2 Å². The maximum atomic E-state index is 12.9. The molecule has 1 saturated carbocycles. The molecule has 2 unspecified atom stereocenters. The third-order valence-electron chi connectivity index (χ3n) is 6.33. The van der Waals surface area contributed by atoms with Crippen LogP contribution in [0.15, 0.2) is 23.1 Å². The first-order valence-corrected chi connectivity index (χ1v) is 11.8. The first-order chi connectivity index (χ1) is 13.3. The SMILES string of the molecule is Cc1ccc(S(=O)(=O)N2CCN(C(=O)CNC3CCCCC3C)CC2)cc1C. The summed E-state index contributed by atoms with van der Waals surface area (Å²) < 4.78 is 27.3. The van der Waals surface area contributed by atoms with Gasteiger partial charge >= 0.3 is 0 Å². The minimum Gasteiger partial charge on any atom is -0.339 e. The molecule has 2 fully saturated rings. The van der Waals surface area contributed by atoms with Gasteiger partial charge in [-0.05, 0) is 55.9 Å². The van der Waals surface area contributed by atoms with Gasteiger partial charge in [-0.2, -0.15) is 4.31 Å². The van der Waals surface area contributed by atoms with Crippen LogP contribution in [-0.2, 0) is 14.8 Å². The van der Waals surface area contributed by atoms with Crippen molar-refractivity contribution < 1.29 is 13.2 Å². The predicted molar refractivity (Wildman–Crippen MR) is 111 cm³/mol. The molecule has 156 valence electrons. The number of hydrogen-bond donors (Lipinski definition) is 1. The predicted octanol–water partition coefficient (Wildman–Crippen LogP) is 2.30. The Labute approximate surface area is 169 Å². The summed E-state index contributed by atoms with van der Waals surface area (Å²) in [6.45, 7) is 8.08. The number of amides is 1. The number of benzene rings is 1. The number of hydrogen-bond acceptors (Lipinski definition) is 4. The van der Waals surface area contributed by atoms with E-state index in [1.165, 1.54) is 23.6 Å². The Hall–Kier alpha value is -1.44. The fourth-order valence-electron chi connectivity index (χ4n) is 4.15. The summed E-state index contributed by atoms with van der Waals surface area (Å²) in [5, 5.41) is 3.42. The summed E-state index contributed by atoms with van der Waals surface area (Å²) in [5.74, 6) is 0.683. The second kappa shape index (κ2) is 8.93. The van der Waals surface area contributed by atoms with Crippen LogP contribution >= 0.6 is 0 Å². The number of rotatable bonds is 5. The molecule has 1 aromatic carbocycles. The fourth-order valence-corrected chi connectivity index (χ4v) is 5.66. The Morgan fingerprint density at radius 1 is 1.07 bits per heavy atom. The number of carbonyl (C=O) groups excluding carboxylic acids is 1. The van der Waals surface area contributed by atoms with Crippen molar-refractivity contribution in [2.75, 3.05) is 32.7 Å². The lowest BCUT2D eigenvalue weighted by atomic mass is 9.86. The van der Waals surface area contributed by atoms with Gasteiger partial charge in [0.25, 0.3) is 0 Å². The minimum absolute atomic E-state index is 0.0704. The van der Waals surface area contributed by atoms with Gasteiger partial charge in [-0.15, -0.1) is 0 Å². The van der Waals surface area contributed by atoms with Crippen molar-refractivity contribution in [1.82, 2.24) is 14.5 Å². The van der Waals surface area contributed by atoms with E-state index in [4.69, 9.17) is 0 Å². The molecular formula is C21H33N3O3S. The molecule has 3 rings (SSSR count). The molecule has 1 amide bonds. The molecule has 1 aliphatic heterocycles. The number of sulfonamides is 1. The molecule has 0 bridgehead atoms. The van der Waals surface area contributed by atoms with Gasteiger partial charge in [0.1, 0.15) is 0 Å². The number of nitrogens with one attached hydrogen (secondary N) is 1. The minimum atomic E-state index is -3.51. The smallest absolute Gasteiger partial charge is 0.243 e. The number of nitrogens with zero attached hydrogens (tertiary/aromatic N) is 2. The normalized spacial score (nSPS) is 24.3. The lowest BCUT2D eigenvalue weighted by molar-refractivity contribution is -0.131. The van der Waals surface area contributed by atoms with E-state index in [1.54, 1.807) is 17.0 Å². The molecule has 0 spiro atoms. The topological polar surface area (TPSA) is 69.7 Å². The maximum Gasteiger partial charge on any atom is 0.243 e. The third kappa shape index (κ3) is 4.75. The number of aryl methyl sites for hydroxylation is 2. The van der Waals surface area contributed by atoms with Crippen molar-refractivity contribution in [3.05, 3.63) is 29.3 Å². The maximum absolute atomic E-state index is 12.9. The monoisotopic (exact) mass is 407 g/mol. The van der Waals surface area contributed by atoms with Gasteiger partial charge in [0, 0.05) is 32.2 Å². The van der Waals surface area contributed by atoms with Crippen LogP contribution in [0.5, 0.6) is 0 Å². The van der Waals surface area contributed by atoms with Crippen molar-refractivity contribution in [2.24, 2.45) is 5.92 Å². The van der Waals surface area contributed by atoms with E-state index in [9.17, 15) is 13.2 Å². The van der Waals surface area contributed by atoms with Crippen LogP contribution in [0.2, 0.25) is 0 Å². The number of piperazine rings is 1. The van der Waals surface area contributed by atoms with Gasteiger partial charge in [0.15, 0.2) is 0 Å². The van der Waals surface area contributed by atoms with Gasteiger partial charge in [0.05, 0.1) is 11.4 Å². The van der Waals surface area contributed by atoms with Gasteiger partial charge in [-0.25, -0.2) is 8.42 Å². The van der Waals surface area contributed by atoms with Crippen molar-refractivity contribution in [2.45, 2.75) is 57.4 Å². The number of carbonyl (C=O) groups is 1. The summed E-state index contributed by atoms with van der Waals surface area (Å²) in [7, 11) is -3.51. The van der Waals surface area contributed by atoms with Gasteiger partial charge in [0.2, 0.25) is 15.9 Å². The standard InChI is InChI=1S/C21H33N3O3S/c1-16-8-9-19(14-18(16)3)28(26,27)24-12-10-23(11-13-24)21(25)15-22-20-7-5-4-6-17(20)2/h8-9,14,17,20,22H,4-7,10-13,15H2,1-3H3. The second-order valence-electron chi connectivity index (χ2n) is 8.28. The van der Waals surface area contributed by atoms with Crippen molar-refractivity contribution in [1.29, 1.82) is 0 Å². The van der Waals surface area contributed by atoms with Crippen LogP contribution in [-0.4, -0.2) is 62.3 Å². The molecule has 2 aliphatic rings. The lowest BCUT2D eigenvalue weighted by Gasteiger charge is -2.35. The van der Waals surface area contributed by atoms with E-state index >= 15 is 0 Å².